The fourth-order valence-electron chi connectivity index (χ4n) is 5.88. The van der Waals surface area contributed by atoms with Gasteiger partial charge < -0.3 is 34.5 Å². The molecule has 3 aromatic carbocycles. The minimum atomic E-state index is -0.388. The molecule has 2 N–H and O–H groups in total. The van der Waals surface area contributed by atoms with Crippen LogP contribution in [0.2, 0.25) is 0 Å². The number of carbonyl (C=O) groups excluding carboxylic acids is 3. The number of carbonyl (C=O) groups is 3. The molecule has 3 aromatic rings. The molecule has 10 heteroatoms. The van der Waals surface area contributed by atoms with Crippen LogP contribution in [0.4, 0.5) is 0 Å². The first kappa shape index (κ1) is 29.5. The van der Waals surface area contributed by atoms with Crippen molar-refractivity contribution in [2.24, 2.45) is 0 Å². The quantitative estimate of drug-likeness (QED) is 0.453. The maximum atomic E-state index is 13.6. The first-order chi connectivity index (χ1) is 21.4. The molecule has 230 valence electrons. The summed E-state index contributed by atoms with van der Waals surface area (Å²) in [5, 5.41) is 5.99. The molecule has 0 saturated carbocycles. The number of hydrogen-bond acceptors (Lipinski definition) is 7. The van der Waals surface area contributed by atoms with E-state index in [0.29, 0.717) is 74.1 Å². The first-order valence-corrected chi connectivity index (χ1v) is 15.2. The van der Waals surface area contributed by atoms with Crippen LogP contribution < -0.4 is 24.8 Å². The number of fused-ring (bicyclic) bond motifs is 6. The number of hydrogen-bond donors (Lipinski definition) is 2. The summed E-state index contributed by atoms with van der Waals surface area (Å²) >= 11 is 0. The van der Waals surface area contributed by atoms with E-state index in [1.807, 2.05) is 42.5 Å². The predicted molar refractivity (Wildman–Crippen MR) is 162 cm³/mol. The molecule has 4 bridgehead atoms. The van der Waals surface area contributed by atoms with Gasteiger partial charge in [0, 0.05) is 43.2 Å². The summed E-state index contributed by atoms with van der Waals surface area (Å²) in [5.74, 6) is 1.89. The summed E-state index contributed by atoms with van der Waals surface area (Å²) in [7, 11) is 1.53. The number of benzene rings is 3. The Kier molecular flexibility index (Phi) is 8.97. The van der Waals surface area contributed by atoms with E-state index >= 15 is 0 Å². The molecular formula is C34H37N3O7. The van der Waals surface area contributed by atoms with Crippen LogP contribution in [0.5, 0.6) is 23.0 Å². The van der Waals surface area contributed by atoms with Gasteiger partial charge in [0.2, 0.25) is 5.91 Å². The minimum Gasteiger partial charge on any atom is -0.497 e. The molecule has 3 aliphatic heterocycles. The summed E-state index contributed by atoms with van der Waals surface area (Å²) in [4.78, 5) is 41.3. The number of amides is 3. The molecule has 1 saturated heterocycles. The Balaban J connectivity index is 1.20. The highest BCUT2D eigenvalue weighted by Crippen LogP contribution is 2.30. The van der Waals surface area contributed by atoms with Crippen LogP contribution in [0.15, 0.2) is 60.7 Å². The summed E-state index contributed by atoms with van der Waals surface area (Å²) in [6.07, 6.45) is 2.78. The Labute approximate surface area is 256 Å². The van der Waals surface area contributed by atoms with Gasteiger partial charge in [-0.3, -0.25) is 14.4 Å². The molecule has 44 heavy (non-hydrogen) atoms. The maximum absolute atomic E-state index is 13.6. The highest BCUT2D eigenvalue weighted by atomic mass is 16.5. The first-order valence-electron chi connectivity index (χ1n) is 15.2. The van der Waals surface area contributed by atoms with Crippen LogP contribution in [0.25, 0.3) is 0 Å². The summed E-state index contributed by atoms with van der Waals surface area (Å²) in [6, 6.07) is 17.8. The molecule has 3 heterocycles. The van der Waals surface area contributed by atoms with Gasteiger partial charge >= 0.3 is 0 Å². The number of nitrogens with zero attached hydrogens (tertiary/aromatic N) is 1. The molecule has 1 fully saturated rings. The highest BCUT2D eigenvalue weighted by molar-refractivity contribution is 5.95. The van der Waals surface area contributed by atoms with Crippen LogP contribution in [-0.4, -0.2) is 68.1 Å². The van der Waals surface area contributed by atoms with E-state index in [4.69, 9.17) is 18.9 Å². The average Bonchev–Trinajstić information content (AvgIpc) is 3.05. The van der Waals surface area contributed by atoms with Crippen LogP contribution in [0, 0.1) is 0 Å². The second-order valence-electron chi connectivity index (χ2n) is 11.3. The molecule has 0 spiro atoms. The smallest absolute Gasteiger partial charge is 0.253 e. The van der Waals surface area contributed by atoms with E-state index in [2.05, 4.69) is 10.6 Å². The van der Waals surface area contributed by atoms with Crippen LogP contribution in [0.1, 0.15) is 57.5 Å². The van der Waals surface area contributed by atoms with Crippen LogP contribution in [0.3, 0.4) is 0 Å². The van der Waals surface area contributed by atoms with Crippen molar-refractivity contribution in [1.29, 1.82) is 0 Å². The monoisotopic (exact) mass is 599 g/mol. The third-order valence-corrected chi connectivity index (χ3v) is 8.18. The number of nitrogens with one attached hydrogen (secondary N) is 2. The van der Waals surface area contributed by atoms with Crippen molar-refractivity contribution in [2.45, 2.75) is 50.9 Å². The van der Waals surface area contributed by atoms with Gasteiger partial charge in [0.15, 0.2) is 0 Å². The molecule has 6 rings (SSSR count). The number of piperidine rings is 1. The lowest BCUT2D eigenvalue weighted by atomic mass is 9.99. The Morgan fingerprint density at radius 1 is 1.00 bits per heavy atom. The van der Waals surface area contributed by atoms with Crippen molar-refractivity contribution in [2.75, 3.05) is 33.4 Å². The molecular weight excluding hydrogens is 562 g/mol. The Morgan fingerprint density at radius 2 is 1.91 bits per heavy atom. The molecule has 0 aromatic heterocycles. The highest BCUT2D eigenvalue weighted by Gasteiger charge is 2.34. The normalized spacial score (nSPS) is 20.7. The summed E-state index contributed by atoms with van der Waals surface area (Å²) in [5.41, 5.74) is 2.96. The van der Waals surface area contributed by atoms with E-state index in [9.17, 15) is 14.4 Å². The Morgan fingerprint density at radius 3 is 2.80 bits per heavy atom. The SMILES string of the molecule is COc1cc2cc(c1)C(=O)NCCCC(=O)N[C@H]1CN(C(=O)c3ccc4c(c3)CCCO4)CC[C@@H]1OCc1cccc(c1)O2. The number of aryl methyl sites for hydroxylation is 1. The van der Waals surface area contributed by atoms with Gasteiger partial charge in [-0.15, -0.1) is 0 Å². The van der Waals surface area contributed by atoms with Gasteiger partial charge in [-0.2, -0.15) is 0 Å². The largest absolute Gasteiger partial charge is 0.497 e. The molecule has 0 radical (unpaired) electrons. The van der Waals surface area contributed by atoms with Gasteiger partial charge in [0.05, 0.1) is 32.5 Å². The third kappa shape index (κ3) is 6.97. The average molecular weight is 600 g/mol. The van der Waals surface area contributed by atoms with E-state index in [1.54, 1.807) is 23.1 Å². The zero-order valence-electron chi connectivity index (χ0n) is 24.8. The van der Waals surface area contributed by atoms with Gasteiger partial charge in [-0.1, -0.05) is 12.1 Å². The van der Waals surface area contributed by atoms with Gasteiger partial charge in [-0.25, -0.2) is 0 Å². The minimum absolute atomic E-state index is 0.0714. The van der Waals surface area contributed by atoms with E-state index in [0.717, 1.165) is 29.7 Å². The van der Waals surface area contributed by atoms with E-state index < -0.39 is 0 Å². The topological polar surface area (TPSA) is 115 Å². The summed E-state index contributed by atoms with van der Waals surface area (Å²) < 4.78 is 23.6. The van der Waals surface area contributed by atoms with Crippen molar-refractivity contribution in [3.8, 4) is 23.0 Å². The Bertz CT molecular complexity index is 1540. The van der Waals surface area contributed by atoms with Crippen LogP contribution >= 0.6 is 0 Å². The van der Waals surface area contributed by atoms with E-state index in [-0.39, 0.29) is 36.3 Å². The van der Waals surface area contributed by atoms with Crippen molar-refractivity contribution >= 4 is 17.7 Å². The predicted octanol–water partition coefficient (Wildman–Crippen LogP) is 4.25. The fraction of sp³-hybridized carbons (Fsp3) is 0.382. The summed E-state index contributed by atoms with van der Waals surface area (Å²) in [6.45, 7) is 2.16. The van der Waals surface area contributed by atoms with Gasteiger partial charge in [0.25, 0.3) is 11.8 Å². The molecule has 0 unspecified atom stereocenters. The lowest BCUT2D eigenvalue weighted by Crippen LogP contribution is -2.57. The van der Waals surface area contributed by atoms with Crippen molar-refractivity contribution < 1.29 is 33.3 Å². The Hall–Kier alpha value is -4.57. The van der Waals surface area contributed by atoms with Gasteiger partial charge in [-0.05, 0) is 79.3 Å². The van der Waals surface area contributed by atoms with Crippen molar-refractivity contribution in [1.82, 2.24) is 15.5 Å². The van der Waals surface area contributed by atoms with Crippen molar-refractivity contribution in [3.05, 3.63) is 82.9 Å². The molecule has 3 amide bonds. The fourth-order valence-corrected chi connectivity index (χ4v) is 5.88. The van der Waals surface area contributed by atoms with Crippen LogP contribution in [-0.2, 0) is 22.6 Å². The lowest BCUT2D eigenvalue weighted by molar-refractivity contribution is -0.124. The number of methoxy groups -OCH3 is 1. The molecule has 2 atom stereocenters. The zero-order chi connectivity index (χ0) is 30.5. The molecule has 10 nitrogen and oxygen atoms in total. The number of ether oxygens (including phenoxy) is 4. The zero-order valence-corrected chi connectivity index (χ0v) is 24.8. The number of likely N-dealkylation sites (tertiary alicyclic amines) is 1. The third-order valence-electron chi connectivity index (χ3n) is 8.18. The number of rotatable bonds is 2. The van der Waals surface area contributed by atoms with E-state index in [1.165, 1.54) is 7.11 Å². The van der Waals surface area contributed by atoms with Gasteiger partial charge in [0.1, 0.15) is 23.0 Å². The second-order valence-corrected chi connectivity index (χ2v) is 11.3. The standard InChI is InChI=1S/C34H37N3O7/c1-41-27-17-25-18-28(19-27)44-26-7-2-5-22(15-26)21-43-31-11-13-37(20-29(31)36-32(38)8-3-12-35-33(25)39)34(40)24-9-10-30-23(16-24)6-4-14-42-30/h2,5,7,9-10,15-19,29,31H,3-4,6,8,11-14,20-21H2,1H3,(H,35,39)(H,36,38)/t29-,31-/m0/s1. The van der Waals surface area contributed by atoms with Crippen molar-refractivity contribution in [3.63, 3.8) is 0 Å². The second kappa shape index (κ2) is 13.4. The lowest BCUT2D eigenvalue weighted by Gasteiger charge is -2.39. The maximum Gasteiger partial charge on any atom is 0.253 e. The molecule has 3 aliphatic rings. The molecule has 0 aliphatic carbocycles.